The van der Waals surface area contributed by atoms with Crippen molar-refractivity contribution in [3.05, 3.63) is 54.4 Å². The molecule has 0 atom stereocenters. The number of hydrogen-bond acceptors (Lipinski definition) is 6. The number of carbonyl (C=O) groups is 1. The summed E-state index contributed by atoms with van der Waals surface area (Å²) < 4.78 is 7.29. The van der Waals surface area contributed by atoms with Crippen molar-refractivity contribution in [3.8, 4) is 17.1 Å². The van der Waals surface area contributed by atoms with Gasteiger partial charge in [0, 0.05) is 30.5 Å². The summed E-state index contributed by atoms with van der Waals surface area (Å²) in [5.41, 5.74) is 2.02. The monoisotopic (exact) mass is 395 g/mol. The summed E-state index contributed by atoms with van der Waals surface area (Å²) in [5, 5.41) is 12.4. The number of nitrogens with one attached hydrogen (secondary N) is 1. The van der Waals surface area contributed by atoms with Crippen molar-refractivity contribution in [2.45, 2.75) is 30.6 Å². The van der Waals surface area contributed by atoms with Crippen LogP contribution in [-0.4, -0.2) is 38.5 Å². The van der Waals surface area contributed by atoms with Crippen molar-refractivity contribution < 1.29 is 9.53 Å². The van der Waals surface area contributed by atoms with E-state index in [4.69, 9.17) is 4.74 Å². The molecule has 0 unspecified atom stereocenters. The zero-order chi connectivity index (χ0) is 19.3. The Morgan fingerprint density at radius 2 is 1.93 bits per heavy atom. The molecular formula is C20H21N5O2S. The molecule has 1 saturated carbocycles. The van der Waals surface area contributed by atoms with Gasteiger partial charge in [-0.05, 0) is 42.7 Å². The van der Waals surface area contributed by atoms with E-state index >= 15 is 0 Å². The van der Waals surface area contributed by atoms with Crippen LogP contribution < -0.4 is 10.1 Å². The van der Waals surface area contributed by atoms with E-state index in [1.165, 1.54) is 11.8 Å². The molecule has 2 heterocycles. The highest BCUT2D eigenvalue weighted by molar-refractivity contribution is 7.99. The van der Waals surface area contributed by atoms with Gasteiger partial charge < -0.3 is 10.1 Å². The molecule has 0 aliphatic heterocycles. The summed E-state index contributed by atoms with van der Waals surface area (Å²) >= 11 is 1.42. The molecular weight excluding hydrogens is 374 g/mol. The molecule has 1 fully saturated rings. The third-order valence-corrected chi connectivity index (χ3v) is 5.44. The van der Waals surface area contributed by atoms with Crippen molar-refractivity contribution in [2.24, 2.45) is 0 Å². The average molecular weight is 395 g/mol. The Balaban J connectivity index is 1.36. The lowest BCUT2D eigenvalue weighted by atomic mass is 10.2. The topological polar surface area (TPSA) is 81.9 Å². The van der Waals surface area contributed by atoms with Gasteiger partial charge in [-0.25, -0.2) is 0 Å². The Morgan fingerprint density at radius 1 is 1.18 bits per heavy atom. The number of methoxy groups -OCH3 is 1. The van der Waals surface area contributed by atoms with Crippen LogP contribution in [-0.2, 0) is 11.3 Å². The third-order valence-electron chi connectivity index (χ3n) is 4.50. The fourth-order valence-electron chi connectivity index (χ4n) is 2.86. The summed E-state index contributed by atoms with van der Waals surface area (Å²) in [6.07, 6.45) is 5.74. The number of rotatable bonds is 8. The van der Waals surface area contributed by atoms with Gasteiger partial charge in [0.1, 0.15) is 5.75 Å². The summed E-state index contributed by atoms with van der Waals surface area (Å²) in [6.45, 7) is 0.487. The quantitative estimate of drug-likeness (QED) is 0.590. The fourth-order valence-corrected chi connectivity index (χ4v) is 3.70. The number of carbonyl (C=O) groups excluding carboxylic acids is 1. The number of amides is 1. The number of benzene rings is 1. The minimum Gasteiger partial charge on any atom is -0.497 e. The van der Waals surface area contributed by atoms with E-state index in [0.29, 0.717) is 18.3 Å². The lowest BCUT2D eigenvalue weighted by Crippen LogP contribution is -2.24. The maximum Gasteiger partial charge on any atom is 0.230 e. The van der Waals surface area contributed by atoms with Crippen molar-refractivity contribution >= 4 is 17.7 Å². The first-order valence-corrected chi connectivity index (χ1v) is 10.1. The van der Waals surface area contributed by atoms with E-state index in [0.717, 1.165) is 40.7 Å². The molecule has 1 aromatic carbocycles. The van der Waals surface area contributed by atoms with Crippen molar-refractivity contribution in [1.82, 2.24) is 25.1 Å². The minimum absolute atomic E-state index is 0.0309. The summed E-state index contributed by atoms with van der Waals surface area (Å²) in [6, 6.07) is 11.9. The predicted molar refractivity (Wildman–Crippen MR) is 107 cm³/mol. The Kier molecular flexibility index (Phi) is 5.57. The highest BCUT2D eigenvalue weighted by Gasteiger charge is 2.30. The van der Waals surface area contributed by atoms with Crippen LogP contribution in [0.3, 0.4) is 0 Å². The normalized spacial score (nSPS) is 13.3. The van der Waals surface area contributed by atoms with Crippen LogP contribution in [0.2, 0.25) is 0 Å². The molecule has 0 saturated heterocycles. The molecule has 3 aromatic rings. The number of thioether (sulfide) groups is 1. The molecule has 0 radical (unpaired) electrons. The van der Waals surface area contributed by atoms with Crippen molar-refractivity contribution in [1.29, 1.82) is 0 Å². The van der Waals surface area contributed by atoms with Crippen LogP contribution in [0.1, 0.15) is 24.4 Å². The zero-order valence-corrected chi connectivity index (χ0v) is 16.4. The largest absolute Gasteiger partial charge is 0.497 e. The molecule has 1 aliphatic rings. The number of hydrogen-bond donors (Lipinski definition) is 1. The second kappa shape index (κ2) is 8.43. The minimum atomic E-state index is -0.0309. The van der Waals surface area contributed by atoms with Crippen LogP contribution in [0.4, 0.5) is 0 Å². The lowest BCUT2D eigenvalue weighted by molar-refractivity contribution is -0.118. The van der Waals surface area contributed by atoms with Crippen LogP contribution in [0.15, 0.2) is 53.9 Å². The first kappa shape index (κ1) is 18.5. The third kappa shape index (κ3) is 4.33. The van der Waals surface area contributed by atoms with Crippen LogP contribution in [0.5, 0.6) is 5.75 Å². The molecule has 0 spiro atoms. The molecule has 7 nitrogen and oxygen atoms in total. The van der Waals surface area contributed by atoms with Gasteiger partial charge in [-0.1, -0.05) is 23.9 Å². The van der Waals surface area contributed by atoms with Crippen LogP contribution in [0.25, 0.3) is 11.4 Å². The Morgan fingerprint density at radius 3 is 2.61 bits per heavy atom. The van der Waals surface area contributed by atoms with Gasteiger partial charge in [0.2, 0.25) is 5.91 Å². The zero-order valence-electron chi connectivity index (χ0n) is 15.5. The van der Waals surface area contributed by atoms with Crippen molar-refractivity contribution in [3.63, 3.8) is 0 Å². The van der Waals surface area contributed by atoms with E-state index in [2.05, 4.69) is 25.1 Å². The predicted octanol–water partition coefficient (Wildman–Crippen LogP) is 3.09. The van der Waals surface area contributed by atoms with E-state index < -0.39 is 0 Å². The smallest absolute Gasteiger partial charge is 0.230 e. The highest BCUT2D eigenvalue weighted by atomic mass is 32.2. The maximum atomic E-state index is 12.3. The van der Waals surface area contributed by atoms with Gasteiger partial charge in [-0.2, -0.15) is 0 Å². The molecule has 8 heteroatoms. The first-order valence-electron chi connectivity index (χ1n) is 9.12. The Hall–Kier alpha value is -2.87. The van der Waals surface area contributed by atoms with Crippen molar-refractivity contribution in [2.75, 3.05) is 12.9 Å². The standard InChI is InChI=1S/C20H21N5O2S/c1-27-17-6-2-14(3-7-17)12-22-18(26)13-28-20-24-23-19(25(20)16-4-5-16)15-8-10-21-11-9-15/h2-3,6-11,16H,4-5,12-13H2,1H3,(H,22,26). The molecule has 4 rings (SSSR count). The molecule has 28 heavy (non-hydrogen) atoms. The first-order chi connectivity index (χ1) is 13.7. The number of aromatic nitrogens is 4. The Labute approximate surface area is 167 Å². The number of pyridine rings is 1. The second-order valence-electron chi connectivity index (χ2n) is 6.56. The van der Waals surface area contributed by atoms with Gasteiger partial charge in [0.05, 0.1) is 12.9 Å². The van der Waals surface area contributed by atoms with Gasteiger partial charge >= 0.3 is 0 Å². The summed E-state index contributed by atoms with van der Waals surface area (Å²) in [4.78, 5) is 16.3. The summed E-state index contributed by atoms with van der Waals surface area (Å²) in [5.74, 6) is 1.91. The second-order valence-corrected chi connectivity index (χ2v) is 7.50. The Bertz CT molecular complexity index is 939. The lowest BCUT2D eigenvalue weighted by Gasteiger charge is -2.09. The molecule has 1 amide bonds. The van der Waals surface area contributed by atoms with Gasteiger partial charge in [0.15, 0.2) is 11.0 Å². The number of ether oxygens (including phenoxy) is 1. The molecule has 1 N–H and O–H groups in total. The van der Waals surface area contributed by atoms with E-state index in [9.17, 15) is 4.79 Å². The molecule has 1 aliphatic carbocycles. The van der Waals surface area contributed by atoms with E-state index in [-0.39, 0.29) is 5.91 Å². The van der Waals surface area contributed by atoms with Crippen LogP contribution in [0, 0.1) is 0 Å². The summed E-state index contributed by atoms with van der Waals surface area (Å²) in [7, 11) is 1.63. The molecule has 2 aromatic heterocycles. The van der Waals surface area contributed by atoms with Gasteiger partial charge in [-0.15, -0.1) is 10.2 Å². The van der Waals surface area contributed by atoms with Gasteiger partial charge in [0.25, 0.3) is 0 Å². The SMILES string of the molecule is COc1ccc(CNC(=O)CSc2nnc(-c3ccncc3)n2C2CC2)cc1. The highest BCUT2D eigenvalue weighted by Crippen LogP contribution is 2.40. The van der Waals surface area contributed by atoms with Gasteiger partial charge in [-0.3, -0.25) is 14.3 Å². The maximum absolute atomic E-state index is 12.3. The molecule has 144 valence electrons. The van der Waals surface area contributed by atoms with Crippen LogP contribution >= 0.6 is 11.8 Å². The fraction of sp³-hybridized carbons (Fsp3) is 0.300. The molecule has 0 bridgehead atoms. The van der Waals surface area contributed by atoms with E-state index in [1.807, 2.05) is 36.4 Å². The number of nitrogens with zero attached hydrogens (tertiary/aromatic N) is 4. The van der Waals surface area contributed by atoms with E-state index in [1.54, 1.807) is 19.5 Å². The average Bonchev–Trinajstić information content (AvgIpc) is 3.50.